The van der Waals surface area contributed by atoms with Gasteiger partial charge in [-0.3, -0.25) is 0 Å². The molecule has 1 aromatic rings. The normalized spacial score (nSPS) is 15.8. The van der Waals surface area contributed by atoms with Gasteiger partial charge in [0.05, 0.1) is 0 Å². The fraction of sp³-hybridized carbons (Fsp3) is 0.400. The number of benzene rings is 1. The maximum absolute atomic E-state index is 6.02. The smallest absolute Gasteiger partial charge is 0.0438 e. The molecule has 0 saturated carbocycles. The molecule has 0 saturated heterocycles. The van der Waals surface area contributed by atoms with Gasteiger partial charge in [-0.15, -0.1) is 0 Å². The van der Waals surface area contributed by atoms with Crippen LogP contribution in [0, 0.1) is 6.92 Å². The largest absolute Gasteiger partial charge is 0.312 e. The second-order valence-electron chi connectivity index (χ2n) is 3.24. The Morgan fingerprint density at radius 2 is 2.25 bits per heavy atom. The van der Waals surface area contributed by atoms with E-state index in [1.807, 2.05) is 6.07 Å². The molecule has 0 aliphatic carbocycles. The Hall–Kier alpha value is -0.530. The summed E-state index contributed by atoms with van der Waals surface area (Å²) < 4.78 is 0. The molecule has 1 nitrogen and oxygen atoms in total. The van der Waals surface area contributed by atoms with Crippen molar-refractivity contribution in [2.24, 2.45) is 0 Å². The molecular weight excluding hydrogens is 170 g/mol. The zero-order chi connectivity index (χ0) is 8.55. The molecule has 1 aromatic carbocycles. The van der Waals surface area contributed by atoms with Crippen LogP contribution in [0.1, 0.15) is 16.7 Å². The van der Waals surface area contributed by atoms with Crippen molar-refractivity contribution < 1.29 is 0 Å². The van der Waals surface area contributed by atoms with Gasteiger partial charge < -0.3 is 5.32 Å². The number of fused-ring (bicyclic) bond motifs is 1. The second-order valence-corrected chi connectivity index (χ2v) is 3.64. The highest BCUT2D eigenvalue weighted by Gasteiger charge is 2.11. The van der Waals surface area contributed by atoms with E-state index < -0.39 is 0 Å². The Bertz CT molecular complexity index is 307. The average Bonchev–Trinajstić information content (AvgIpc) is 2.12. The number of nitrogens with one attached hydrogen (secondary N) is 1. The minimum absolute atomic E-state index is 0.887. The van der Waals surface area contributed by atoms with E-state index in [0.29, 0.717) is 0 Å². The number of hydrogen-bond acceptors (Lipinski definition) is 1. The third-order valence-corrected chi connectivity index (χ3v) is 2.91. The van der Waals surface area contributed by atoms with Crippen molar-refractivity contribution in [2.45, 2.75) is 19.9 Å². The van der Waals surface area contributed by atoms with Crippen LogP contribution in [0.5, 0.6) is 0 Å². The molecule has 0 unspecified atom stereocenters. The molecule has 0 amide bonds. The Balaban J connectivity index is 2.54. The third kappa shape index (κ3) is 1.23. The lowest BCUT2D eigenvalue weighted by Gasteiger charge is -2.19. The van der Waals surface area contributed by atoms with Crippen molar-refractivity contribution in [1.29, 1.82) is 0 Å². The van der Waals surface area contributed by atoms with Crippen LogP contribution in [0.2, 0.25) is 5.02 Å². The standard InChI is InChI=1S/C10H12ClN/c1-7-9-6-12-5-4-8(9)2-3-10(7)11/h2-3,12H,4-6H2,1H3. The van der Waals surface area contributed by atoms with E-state index in [0.717, 1.165) is 24.5 Å². The van der Waals surface area contributed by atoms with E-state index >= 15 is 0 Å². The summed E-state index contributed by atoms with van der Waals surface area (Å²) in [5.41, 5.74) is 4.09. The number of rotatable bonds is 0. The van der Waals surface area contributed by atoms with Crippen molar-refractivity contribution in [3.05, 3.63) is 33.8 Å². The molecule has 1 heterocycles. The van der Waals surface area contributed by atoms with Crippen LogP contribution in [0.15, 0.2) is 12.1 Å². The SMILES string of the molecule is Cc1c(Cl)ccc2c1CNCC2. The highest BCUT2D eigenvalue weighted by atomic mass is 35.5. The van der Waals surface area contributed by atoms with E-state index in [2.05, 4.69) is 18.3 Å². The lowest BCUT2D eigenvalue weighted by atomic mass is 9.97. The summed E-state index contributed by atoms with van der Waals surface area (Å²) >= 11 is 6.02. The van der Waals surface area contributed by atoms with Gasteiger partial charge in [-0.25, -0.2) is 0 Å². The Labute approximate surface area is 77.7 Å². The lowest BCUT2D eigenvalue weighted by Crippen LogP contribution is -2.24. The van der Waals surface area contributed by atoms with Crippen molar-refractivity contribution in [3.8, 4) is 0 Å². The van der Waals surface area contributed by atoms with Crippen molar-refractivity contribution in [2.75, 3.05) is 6.54 Å². The van der Waals surface area contributed by atoms with Crippen LogP contribution >= 0.6 is 11.6 Å². The molecule has 1 N–H and O–H groups in total. The molecule has 0 aromatic heterocycles. The molecule has 0 fully saturated rings. The van der Waals surface area contributed by atoms with Crippen molar-refractivity contribution >= 4 is 11.6 Å². The lowest BCUT2D eigenvalue weighted by molar-refractivity contribution is 0.640. The van der Waals surface area contributed by atoms with Gasteiger partial charge in [0, 0.05) is 11.6 Å². The maximum Gasteiger partial charge on any atom is 0.0438 e. The van der Waals surface area contributed by atoms with Crippen LogP contribution in [0.4, 0.5) is 0 Å². The topological polar surface area (TPSA) is 12.0 Å². The zero-order valence-electron chi connectivity index (χ0n) is 7.15. The van der Waals surface area contributed by atoms with E-state index in [4.69, 9.17) is 11.6 Å². The molecule has 1 aliphatic heterocycles. The summed E-state index contributed by atoms with van der Waals surface area (Å²) in [5, 5.41) is 4.24. The first-order valence-corrected chi connectivity index (χ1v) is 4.64. The van der Waals surface area contributed by atoms with Crippen LogP contribution in [-0.4, -0.2) is 6.54 Å². The second kappa shape index (κ2) is 3.08. The minimum Gasteiger partial charge on any atom is -0.312 e. The Morgan fingerprint density at radius 3 is 3.08 bits per heavy atom. The predicted molar refractivity (Wildman–Crippen MR) is 51.6 cm³/mol. The molecule has 12 heavy (non-hydrogen) atoms. The molecule has 1 aliphatic rings. The van der Waals surface area contributed by atoms with Crippen molar-refractivity contribution in [3.63, 3.8) is 0 Å². The fourth-order valence-corrected chi connectivity index (χ4v) is 1.88. The first-order chi connectivity index (χ1) is 5.79. The maximum atomic E-state index is 6.02. The summed E-state index contributed by atoms with van der Waals surface area (Å²) in [6, 6.07) is 4.15. The Morgan fingerprint density at radius 1 is 1.42 bits per heavy atom. The van der Waals surface area contributed by atoms with Gasteiger partial charge in [-0.2, -0.15) is 0 Å². The highest BCUT2D eigenvalue weighted by Crippen LogP contribution is 2.24. The van der Waals surface area contributed by atoms with Gasteiger partial charge in [0.2, 0.25) is 0 Å². The number of halogens is 1. The van der Waals surface area contributed by atoms with Gasteiger partial charge in [-0.1, -0.05) is 17.7 Å². The third-order valence-electron chi connectivity index (χ3n) is 2.50. The van der Waals surface area contributed by atoms with Gasteiger partial charge in [0.25, 0.3) is 0 Å². The van der Waals surface area contributed by atoms with Gasteiger partial charge in [0.1, 0.15) is 0 Å². The van der Waals surface area contributed by atoms with E-state index in [9.17, 15) is 0 Å². The monoisotopic (exact) mass is 181 g/mol. The quantitative estimate of drug-likeness (QED) is 0.648. The molecule has 2 rings (SSSR count). The van der Waals surface area contributed by atoms with Crippen LogP contribution in [0.25, 0.3) is 0 Å². The summed E-state index contributed by atoms with van der Waals surface area (Å²) in [5.74, 6) is 0. The van der Waals surface area contributed by atoms with Crippen LogP contribution < -0.4 is 5.32 Å². The fourth-order valence-electron chi connectivity index (χ4n) is 1.70. The van der Waals surface area contributed by atoms with E-state index in [1.54, 1.807) is 0 Å². The molecule has 0 bridgehead atoms. The van der Waals surface area contributed by atoms with E-state index in [1.165, 1.54) is 16.7 Å². The molecular formula is C10H12ClN. The first kappa shape index (κ1) is 8.09. The predicted octanol–water partition coefficient (Wildman–Crippen LogP) is 2.29. The summed E-state index contributed by atoms with van der Waals surface area (Å²) in [4.78, 5) is 0. The van der Waals surface area contributed by atoms with Crippen molar-refractivity contribution in [1.82, 2.24) is 5.32 Å². The van der Waals surface area contributed by atoms with Gasteiger partial charge in [0.15, 0.2) is 0 Å². The Kier molecular flexibility index (Phi) is 2.07. The summed E-state index contributed by atoms with van der Waals surface area (Å²) in [6.07, 6.45) is 1.13. The van der Waals surface area contributed by atoms with Gasteiger partial charge in [-0.05, 0) is 42.6 Å². The highest BCUT2D eigenvalue weighted by molar-refractivity contribution is 6.31. The summed E-state index contributed by atoms with van der Waals surface area (Å²) in [6.45, 7) is 4.16. The molecule has 2 heteroatoms. The minimum atomic E-state index is 0.887. The molecule has 0 radical (unpaired) electrons. The van der Waals surface area contributed by atoms with E-state index in [-0.39, 0.29) is 0 Å². The van der Waals surface area contributed by atoms with Gasteiger partial charge >= 0.3 is 0 Å². The molecule has 0 atom stereocenters. The zero-order valence-corrected chi connectivity index (χ0v) is 7.91. The molecule has 0 spiro atoms. The summed E-state index contributed by atoms with van der Waals surface area (Å²) in [7, 11) is 0. The average molecular weight is 182 g/mol. The first-order valence-electron chi connectivity index (χ1n) is 4.26. The number of hydrogen-bond donors (Lipinski definition) is 1. The van der Waals surface area contributed by atoms with Crippen LogP contribution in [0.3, 0.4) is 0 Å². The molecule has 64 valence electrons. The van der Waals surface area contributed by atoms with Crippen LogP contribution in [-0.2, 0) is 13.0 Å².